The van der Waals surface area contributed by atoms with E-state index in [1.54, 1.807) is 0 Å². The van der Waals surface area contributed by atoms with Crippen molar-refractivity contribution in [3.05, 3.63) is 0 Å². The average molecular weight is 208 g/mol. The van der Waals surface area contributed by atoms with Gasteiger partial charge in [0.25, 0.3) is 0 Å². The van der Waals surface area contributed by atoms with E-state index in [1.165, 1.54) is 11.4 Å². The van der Waals surface area contributed by atoms with E-state index in [4.69, 9.17) is 0 Å². The number of hydrogen-bond donors (Lipinski definition) is 1. The lowest BCUT2D eigenvalue weighted by Gasteiger charge is -2.29. The van der Waals surface area contributed by atoms with Gasteiger partial charge in [-0.1, -0.05) is 11.8 Å². The van der Waals surface area contributed by atoms with Gasteiger partial charge in [-0.2, -0.15) is 12.7 Å². The van der Waals surface area contributed by atoms with E-state index in [2.05, 4.69) is 11.8 Å². The summed E-state index contributed by atoms with van der Waals surface area (Å²) in [6, 6.07) is 0. The summed E-state index contributed by atoms with van der Waals surface area (Å²) in [6.45, 7) is 3.22. The van der Waals surface area contributed by atoms with Gasteiger partial charge in [-0.3, -0.25) is 4.84 Å². The van der Waals surface area contributed by atoms with Crippen molar-refractivity contribution in [1.29, 1.82) is 0 Å². The van der Waals surface area contributed by atoms with E-state index in [-0.39, 0.29) is 0 Å². The Labute approximate surface area is 79.2 Å². The van der Waals surface area contributed by atoms with Gasteiger partial charge in [-0.15, -0.1) is 0 Å². The molecular formula is C7H16N2O3S. The van der Waals surface area contributed by atoms with Crippen LogP contribution in [0.3, 0.4) is 0 Å². The predicted molar refractivity (Wildman–Crippen MR) is 49.0 cm³/mol. The first-order valence-corrected chi connectivity index (χ1v) is 5.80. The summed E-state index contributed by atoms with van der Waals surface area (Å²) in [6.07, 6.45) is 2.02. The second kappa shape index (κ2) is 4.36. The molecule has 6 heteroatoms. The molecule has 78 valence electrons. The van der Waals surface area contributed by atoms with Crippen LogP contribution in [0, 0.1) is 5.92 Å². The Morgan fingerprint density at radius 1 is 1.54 bits per heavy atom. The molecule has 0 bridgehead atoms. The van der Waals surface area contributed by atoms with E-state index >= 15 is 0 Å². The van der Waals surface area contributed by atoms with Gasteiger partial charge in [0.15, 0.2) is 0 Å². The molecule has 1 aliphatic heterocycles. The Bertz CT molecular complexity index is 252. The van der Waals surface area contributed by atoms with Crippen molar-refractivity contribution in [1.82, 2.24) is 9.19 Å². The number of piperidine rings is 1. The molecular weight excluding hydrogens is 192 g/mol. The minimum atomic E-state index is -3.41. The molecule has 0 aromatic carbocycles. The Morgan fingerprint density at radius 3 is 2.77 bits per heavy atom. The van der Waals surface area contributed by atoms with Gasteiger partial charge >= 0.3 is 10.2 Å². The molecule has 0 aromatic heterocycles. The van der Waals surface area contributed by atoms with E-state index in [9.17, 15) is 8.42 Å². The number of nitrogens with zero attached hydrogens (tertiary/aromatic N) is 1. The summed E-state index contributed by atoms with van der Waals surface area (Å²) in [5.41, 5.74) is 0. The molecule has 0 saturated carbocycles. The van der Waals surface area contributed by atoms with Gasteiger partial charge in [0.1, 0.15) is 0 Å². The molecule has 1 unspecified atom stereocenters. The quantitative estimate of drug-likeness (QED) is 0.670. The van der Waals surface area contributed by atoms with Crippen molar-refractivity contribution in [2.45, 2.75) is 19.8 Å². The van der Waals surface area contributed by atoms with Gasteiger partial charge < -0.3 is 0 Å². The van der Waals surface area contributed by atoms with Crippen molar-refractivity contribution >= 4 is 10.2 Å². The molecule has 13 heavy (non-hydrogen) atoms. The van der Waals surface area contributed by atoms with Gasteiger partial charge in [0, 0.05) is 13.1 Å². The first-order valence-electron chi connectivity index (χ1n) is 4.36. The lowest BCUT2D eigenvalue weighted by atomic mass is 10.0. The Hall–Kier alpha value is -0.170. The van der Waals surface area contributed by atoms with E-state index < -0.39 is 10.2 Å². The summed E-state index contributed by atoms with van der Waals surface area (Å²) in [5.74, 6) is 0.433. The minimum absolute atomic E-state index is 0.433. The van der Waals surface area contributed by atoms with Crippen LogP contribution in [0.4, 0.5) is 0 Å². The number of nitrogens with one attached hydrogen (secondary N) is 1. The number of rotatable bonds is 3. The lowest BCUT2D eigenvalue weighted by Crippen LogP contribution is -2.45. The van der Waals surface area contributed by atoms with E-state index in [1.807, 2.05) is 4.89 Å². The second-order valence-corrected chi connectivity index (χ2v) is 5.03. The monoisotopic (exact) mass is 208 g/mol. The van der Waals surface area contributed by atoms with Crippen LogP contribution in [0.15, 0.2) is 0 Å². The smallest absolute Gasteiger partial charge is 0.289 e. The second-order valence-electron chi connectivity index (χ2n) is 3.40. The molecule has 1 heterocycles. The number of hydrogen-bond acceptors (Lipinski definition) is 3. The first kappa shape index (κ1) is 10.9. The highest BCUT2D eigenvalue weighted by Gasteiger charge is 2.26. The fourth-order valence-electron chi connectivity index (χ4n) is 1.52. The van der Waals surface area contributed by atoms with Gasteiger partial charge in [-0.05, 0) is 18.8 Å². The van der Waals surface area contributed by atoms with Crippen molar-refractivity contribution in [3.63, 3.8) is 0 Å². The van der Waals surface area contributed by atoms with Gasteiger partial charge in [0.2, 0.25) is 0 Å². The third-order valence-electron chi connectivity index (χ3n) is 2.15. The normalized spacial score (nSPS) is 26.2. The molecule has 1 saturated heterocycles. The van der Waals surface area contributed by atoms with Crippen LogP contribution in [0.5, 0.6) is 0 Å². The maximum atomic E-state index is 11.4. The van der Waals surface area contributed by atoms with Gasteiger partial charge in [-0.25, -0.2) is 0 Å². The van der Waals surface area contributed by atoms with Crippen molar-refractivity contribution in [3.8, 4) is 0 Å². The summed E-state index contributed by atoms with van der Waals surface area (Å²) >= 11 is 0. The molecule has 5 nitrogen and oxygen atoms in total. The largest absolute Gasteiger partial charge is 0.301 e. The summed E-state index contributed by atoms with van der Waals surface area (Å²) in [5, 5.41) is 0. The zero-order valence-corrected chi connectivity index (χ0v) is 8.80. The Balaban J connectivity index is 2.60. The molecule has 1 N–H and O–H groups in total. The van der Waals surface area contributed by atoms with Crippen LogP contribution in [0.2, 0.25) is 0 Å². The molecule has 0 aliphatic carbocycles. The summed E-state index contributed by atoms with van der Waals surface area (Å²) in [7, 11) is -2.11. The fraction of sp³-hybridized carbons (Fsp3) is 1.00. The van der Waals surface area contributed by atoms with Crippen molar-refractivity contribution in [2.24, 2.45) is 5.92 Å². The highest BCUT2D eigenvalue weighted by Crippen LogP contribution is 2.17. The highest BCUT2D eigenvalue weighted by molar-refractivity contribution is 7.87. The third-order valence-corrected chi connectivity index (χ3v) is 3.54. The maximum absolute atomic E-state index is 11.4. The first-order chi connectivity index (χ1) is 6.06. The van der Waals surface area contributed by atoms with Crippen LogP contribution < -0.4 is 4.89 Å². The molecule has 1 atom stereocenters. The molecule has 0 aromatic rings. The average Bonchev–Trinajstić information content (AvgIpc) is 2.04. The highest BCUT2D eigenvalue weighted by atomic mass is 32.2. The molecule has 1 fully saturated rings. The summed E-state index contributed by atoms with van der Waals surface area (Å²) in [4.78, 5) is 6.43. The molecule has 1 aliphatic rings. The zero-order valence-electron chi connectivity index (χ0n) is 7.99. The Kier molecular flexibility index (Phi) is 3.66. The lowest BCUT2D eigenvalue weighted by molar-refractivity contribution is 0.141. The van der Waals surface area contributed by atoms with E-state index in [0.717, 1.165) is 12.8 Å². The molecule has 0 spiro atoms. The van der Waals surface area contributed by atoms with Crippen molar-refractivity contribution in [2.75, 3.05) is 20.2 Å². The molecule has 1 rings (SSSR count). The molecule has 0 amide bonds. The van der Waals surface area contributed by atoms with E-state index in [0.29, 0.717) is 19.0 Å². The van der Waals surface area contributed by atoms with Crippen LogP contribution in [-0.2, 0) is 15.0 Å². The standard InChI is InChI=1S/C7H16N2O3S/c1-7-4-3-5-9(6-7)13(10,11)8-12-2/h7-8H,3-6H2,1-2H3. The summed E-state index contributed by atoms with van der Waals surface area (Å²) < 4.78 is 24.3. The van der Waals surface area contributed by atoms with Crippen molar-refractivity contribution < 1.29 is 13.3 Å². The minimum Gasteiger partial charge on any atom is -0.289 e. The zero-order chi connectivity index (χ0) is 9.90. The maximum Gasteiger partial charge on any atom is 0.301 e. The van der Waals surface area contributed by atoms with Crippen LogP contribution in [0.1, 0.15) is 19.8 Å². The topological polar surface area (TPSA) is 58.6 Å². The van der Waals surface area contributed by atoms with Gasteiger partial charge in [0.05, 0.1) is 7.11 Å². The third kappa shape index (κ3) is 2.91. The SMILES string of the molecule is CONS(=O)(=O)N1CCCC(C)C1. The van der Waals surface area contributed by atoms with Crippen LogP contribution >= 0.6 is 0 Å². The van der Waals surface area contributed by atoms with Crippen LogP contribution in [0.25, 0.3) is 0 Å². The fourth-order valence-corrected chi connectivity index (χ4v) is 2.66. The predicted octanol–water partition coefficient (Wildman–Crippen LogP) is 0.114. The molecule has 0 radical (unpaired) electrons. The van der Waals surface area contributed by atoms with Crippen LogP contribution in [-0.4, -0.2) is 32.9 Å². The Morgan fingerprint density at radius 2 is 2.23 bits per heavy atom.